The highest BCUT2D eigenvalue weighted by Gasteiger charge is 2.20. The van der Waals surface area contributed by atoms with Gasteiger partial charge in [0.1, 0.15) is 5.00 Å². The molecule has 0 bridgehead atoms. The second-order valence-electron chi connectivity index (χ2n) is 7.88. The third-order valence-corrected chi connectivity index (χ3v) is 8.22. The number of hydrogen-bond acceptors (Lipinski definition) is 4. The first kappa shape index (κ1) is 19.3. The molecule has 0 fully saturated rings. The average molecular weight is 452 g/mol. The van der Waals surface area contributed by atoms with Crippen LogP contribution in [0.1, 0.15) is 5.69 Å². The van der Waals surface area contributed by atoms with Crippen molar-refractivity contribution in [2.24, 2.45) is 7.05 Å². The molecule has 0 saturated carbocycles. The third kappa shape index (κ3) is 3.13. The van der Waals surface area contributed by atoms with Gasteiger partial charge in [-0.05, 0) is 61.0 Å². The van der Waals surface area contributed by atoms with Crippen LogP contribution in [0.3, 0.4) is 0 Å². The average Bonchev–Trinajstić information content (AvgIpc) is 3.50. The summed E-state index contributed by atoms with van der Waals surface area (Å²) in [6.07, 6.45) is 1.89. The molecular weight excluding hydrogens is 430 g/mol. The molecule has 4 aromatic heterocycles. The van der Waals surface area contributed by atoms with Gasteiger partial charge in [-0.1, -0.05) is 36.4 Å². The summed E-state index contributed by atoms with van der Waals surface area (Å²) in [6.45, 7) is 2.04. The summed E-state index contributed by atoms with van der Waals surface area (Å²) in [5.41, 5.74) is 7.18. The van der Waals surface area contributed by atoms with E-state index in [0.717, 1.165) is 5.69 Å². The Morgan fingerprint density at radius 2 is 1.38 bits per heavy atom. The normalized spacial score (nSPS) is 11.4. The van der Waals surface area contributed by atoms with Crippen molar-refractivity contribution in [3.8, 4) is 10.4 Å². The number of pyridine rings is 1. The molecule has 0 aliphatic rings. The number of nitrogens with zero attached hydrogens (tertiary/aromatic N) is 3. The molecule has 6 aromatic rings. The fourth-order valence-electron chi connectivity index (χ4n) is 4.21. The van der Waals surface area contributed by atoms with Gasteiger partial charge in [0.25, 0.3) is 0 Å². The van der Waals surface area contributed by atoms with E-state index in [1.165, 1.54) is 47.2 Å². The van der Waals surface area contributed by atoms with Gasteiger partial charge in [-0.2, -0.15) is 0 Å². The fourth-order valence-corrected chi connectivity index (χ4v) is 6.78. The zero-order valence-electron chi connectivity index (χ0n) is 17.8. The van der Waals surface area contributed by atoms with Gasteiger partial charge in [-0.15, -0.1) is 22.7 Å². The maximum absolute atomic E-state index is 4.35. The smallest absolute Gasteiger partial charge is 0.103 e. The Balaban J connectivity index is 1.53. The highest BCUT2D eigenvalue weighted by Crippen LogP contribution is 2.47. The second kappa shape index (κ2) is 7.62. The summed E-state index contributed by atoms with van der Waals surface area (Å²) in [5, 5.41) is 1.22. The van der Waals surface area contributed by atoms with Gasteiger partial charge in [0.05, 0.1) is 20.4 Å². The summed E-state index contributed by atoms with van der Waals surface area (Å²) in [5.74, 6) is 0. The lowest BCUT2D eigenvalue weighted by Crippen LogP contribution is -2.07. The minimum atomic E-state index is 1.05. The predicted octanol–water partition coefficient (Wildman–Crippen LogP) is 8.29. The lowest BCUT2D eigenvalue weighted by atomic mass is 10.2. The third-order valence-electron chi connectivity index (χ3n) is 5.77. The van der Waals surface area contributed by atoms with Gasteiger partial charge < -0.3 is 9.47 Å². The standard InChI is InChI=1S/C27H21N3S2/c1-18-15-19(13-14-28-18)24-16-22-26(31-24)27-23(29(22)2)17-25(32-27)30(20-9-5-3-6-10-20)21-11-7-4-8-12-21/h3-17H,1-2H3. The van der Waals surface area contributed by atoms with Gasteiger partial charge in [0.2, 0.25) is 0 Å². The van der Waals surface area contributed by atoms with E-state index in [1.807, 2.05) is 35.8 Å². The van der Waals surface area contributed by atoms with E-state index in [2.05, 4.69) is 106 Å². The molecule has 3 nitrogen and oxygen atoms in total. The quantitative estimate of drug-likeness (QED) is 0.269. The van der Waals surface area contributed by atoms with Crippen molar-refractivity contribution >= 4 is 59.5 Å². The van der Waals surface area contributed by atoms with E-state index in [-0.39, 0.29) is 0 Å². The van der Waals surface area contributed by atoms with Gasteiger partial charge >= 0.3 is 0 Å². The van der Waals surface area contributed by atoms with Crippen LogP contribution in [0.5, 0.6) is 0 Å². The van der Waals surface area contributed by atoms with Gasteiger partial charge in [0.15, 0.2) is 0 Å². The molecule has 0 saturated heterocycles. The lowest BCUT2D eigenvalue weighted by Gasteiger charge is -2.23. The first-order chi connectivity index (χ1) is 15.7. The molecular formula is C27H21N3S2. The summed E-state index contributed by atoms with van der Waals surface area (Å²) in [6, 6.07) is 30.1. The van der Waals surface area contributed by atoms with Crippen LogP contribution in [-0.2, 0) is 7.05 Å². The lowest BCUT2D eigenvalue weighted by molar-refractivity contribution is 1.02. The zero-order valence-corrected chi connectivity index (χ0v) is 19.5. The van der Waals surface area contributed by atoms with Crippen molar-refractivity contribution in [2.45, 2.75) is 6.92 Å². The Morgan fingerprint density at radius 3 is 2.03 bits per heavy atom. The van der Waals surface area contributed by atoms with E-state index in [1.54, 1.807) is 0 Å². The van der Waals surface area contributed by atoms with Crippen LogP contribution in [0.2, 0.25) is 0 Å². The van der Waals surface area contributed by atoms with Crippen LogP contribution in [0.25, 0.3) is 30.9 Å². The van der Waals surface area contributed by atoms with E-state index in [4.69, 9.17) is 0 Å². The minimum absolute atomic E-state index is 1.05. The van der Waals surface area contributed by atoms with Crippen LogP contribution in [0, 0.1) is 6.92 Å². The van der Waals surface area contributed by atoms with E-state index < -0.39 is 0 Å². The number of thiophene rings is 2. The second-order valence-corrected chi connectivity index (χ2v) is 9.96. The number of benzene rings is 2. The molecule has 2 aromatic carbocycles. The molecule has 0 atom stereocenters. The zero-order chi connectivity index (χ0) is 21.7. The Bertz CT molecular complexity index is 1500. The molecule has 5 heteroatoms. The summed E-state index contributed by atoms with van der Waals surface area (Å²) < 4.78 is 5.02. The molecule has 32 heavy (non-hydrogen) atoms. The molecule has 6 rings (SSSR count). The molecule has 0 N–H and O–H groups in total. The highest BCUT2D eigenvalue weighted by atomic mass is 32.1. The number of fused-ring (bicyclic) bond motifs is 3. The van der Waals surface area contributed by atoms with Crippen molar-refractivity contribution in [1.82, 2.24) is 9.55 Å². The maximum atomic E-state index is 4.35. The highest BCUT2D eigenvalue weighted by molar-refractivity contribution is 7.30. The van der Waals surface area contributed by atoms with Crippen molar-refractivity contribution in [3.05, 3.63) is 96.8 Å². The number of anilines is 3. The van der Waals surface area contributed by atoms with Gasteiger partial charge in [-0.25, -0.2) is 0 Å². The SMILES string of the molecule is Cc1cc(-c2cc3c(s2)c2sc(N(c4ccccc4)c4ccccc4)cc2n3C)ccn1. The summed E-state index contributed by atoms with van der Waals surface area (Å²) in [4.78, 5) is 7.98. The van der Waals surface area contributed by atoms with Crippen LogP contribution in [-0.4, -0.2) is 9.55 Å². The molecule has 0 radical (unpaired) electrons. The van der Waals surface area contributed by atoms with Gasteiger partial charge in [-0.3, -0.25) is 4.98 Å². The van der Waals surface area contributed by atoms with Crippen molar-refractivity contribution in [1.29, 1.82) is 0 Å². The first-order valence-electron chi connectivity index (χ1n) is 10.5. The number of aryl methyl sites for hydroxylation is 2. The van der Waals surface area contributed by atoms with Crippen LogP contribution >= 0.6 is 22.7 Å². The van der Waals surface area contributed by atoms with E-state index in [9.17, 15) is 0 Å². The topological polar surface area (TPSA) is 21.1 Å². The van der Waals surface area contributed by atoms with Crippen LogP contribution < -0.4 is 4.90 Å². The fraction of sp³-hybridized carbons (Fsp3) is 0.0741. The Hall–Kier alpha value is -3.41. The number of hydrogen-bond donors (Lipinski definition) is 0. The summed E-state index contributed by atoms with van der Waals surface area (Å²) in [7, 11) is 2.17. The molecule has 0 spiro atoms. The van der Waals surface area contributed by atoms with Crippen molar-refractivity contribution < 1.29 is 0 Å². The number of para-hydroxylation sites is 2. The number of rotatable bonds is 4. The molecule has 0 aliphatic carbocycles. The van der Waals surface area contributed by atoms with E-state index in [0.29, 0.717) is 0 Å². The van der Waals surface area contributed by atoms with Crippen molar-refractivity contribution in [2.75, 3.05) is 4.90 Å². The molecule has 4 heterocycles. The predicted molar refractivity (Wildman–Crippen MR) is 139 cm³/mol. The molecule has 156 valence electrons. The molecule has 0 amide bonds. The minimum Gasteiger partial charge on any atom is -0.342 e. The summed E-state index contributed by atoms with van der Waals surface area (Å²) >= 11 is 3.73. The monoisotopic (exact) mass is 451 g/mol. The van der Waals surface area contributed by atoms with E-state index >= 15 is 0 Å². The van der Waals surface area contributed by atoms with Crippen molar-refractivity contribution in [3.63, 3.8) is 0 Å². The Morgan fingerprint density at radius 1 is 0.750 bits per heavy atom. The van der Waals surface area contributed by atoms with Gasteiger partial charge in [0, 0.05) is 35.2 Å². The van der Waals surface area contributed by atoms with Crippen LogP contribution in [0.15, 0.2) is 91.1 Å². The molecule has 0 aliphatic heterocycles. The number of aromatic nitrogens is 2. The largest absolute Gasteiger partial charge is 0.342 e. The Labute approximate surface area is 194 Å². The Kier molecular flexibility index (Phi) is 4.59. The van der Waals surface area contributed by atoms with Crippen LogP contribution in [0.4, 0.5) is 16.4 Å². The maximum Gasteiger partial charge on any atom is 0.103 e. The first-order valence-corrected chi connectivity index (χ1v) is 12.2. The molecule has 0 unspecified atom stereocenters.